The Hall–Kier alpha value is -1.67. The van der Waals surface area contributed by atoms with E-state index in [1.807, 2.05) is 0 Å². The topological polar surface area (TPSA) is 114 Å². The third-order valence-corrected chi connectivity index (χ3v) is 2.65. The van der Waals surface area contributed by atoms with E-state index in [0.29, 0.717) is 13.2 Å². The predicted molar refractivity (Wildman–Crippen MR) is 63.4 cm³/mol. The molecule has 0 aromatic heterocycles. The van der Waals surface area contributed by atoms with Crippen LogP contribution in [0.5, 0.6) is 0 Å². The van der Waals surface area contributed by atoms with Crippen LogP contribution in [0.4, 0.5) is 0 Å². The molecule has 1 heterocycles. The van der Waals surface area contributed by atoms with Crippen molar-refractivity contribution in [3.05, 3.63) is 0 Å². The number of hydrogen-bond donors (Lipinski definition) is 3. The number of carboxylic acids is 1. The van der Waals surface area contributed by atoms with Crippen LogP contribution in [0.2, 0.25) is 0 Å². The molecule has 8 heteroatoms. The largest absolute Gasteiger partial charge is 0.480 e. The lowest BCUT2D eigenvalue weighted by atomic mass is 10.1. The van der Waals surface area contributed by atoms with Gasteiger partial charge in [-0.15, -0.1) is 0 Å². The van der Waals surface area contributed by atoms with Crippen LogP contribution >= 0.6 is 0 Å². The van der Waals surface area contributed by atoms with Crippen molar-refractivity contribution in [1.29, 1.82) is 0 Å². The predicted octanol–water partition coefficient (Wildman–Crippen LogP) is -1.50. The molecule has 1 amide bonds. The Kier molecular flexibility index (Phi) is 6.23. The third kappa shape index (κ3) is 5.66. The summed E-state index contributed by atoms with van der Waals surface area (Å²) in [5.41, 5.74) is 0. The second-order valence-electron chi connectivity index (χ2n) is 4.14. The van der Waals surface area contributed by atoms with E-state index in [2.05, 4.69) is 15.4 Å². The first-order valence-corrected chi connectivity index (χ1v) is 5.94. The van der Waals surface area contributed by atoms with E-state index in [9.17, 15) is 14.4 Å². The number of morpholine rings is 1. The molecular weight excluding hydrogens is 256 g/mol. The Bertz CT molecular complexity index is 340. The molecule has 1 fully saturated rings. The lowest BCUT2D eigenvalue weighted by molar-refractivity contribution is -0.149. The molecule has 1 aliphatic heterocycles. The molecule has 0 aromatic rings. The Labute approximate surface area is 110 Å². The number of amides is 1. The number of nitrogens with one attached hydrogen (secondary N) is 2. The second kappa shape index (κ2) is 7.70. The molecule has 0 bridgehead atoms. The molecule has 3 N–H and O–H groups in total. The van der Waals surface area contributed by atoms with Crippen molar-refractivity contribution in [3.63, 3.8) is 0 Å². The molecule has 0 saturated carbocycles. The van der Waals surface area contributed by atoms with Crippen LogP contribution in [0, 0.1) is 0 Å². The number of esters is 1. The summed E-state index contributed by atoms with van der Waals surface area (Å²) >= 11 is 0. The van der Waals surface area contributed by atoms with Crippen LogP contribution in [0.1, 0.15) is 12.8 Å². The summed E-state index contributed by atoms with van der Waals surface area (Å²) in [7, 11) is 1.16. The monoisotopic (exact) mass is 274 g/mol. The number of carbonyl (C=O) groups excluding carboxylic acids is 2. The van der Waals surface area contributed by atoms with Gasteiger partial charge in [0.15, 0.2) is 0 Å². The van der Waals surface area contributed by atoms with E-state index in [1.165, 1.54) is 0 Å². The summed E-state index contributed by atoms with van der Waals surface area (Å²) in [5.74, 6) is -2.44. The highest BCUT2D eigenvalue weighted by Gasteiger charge is 2.25. The maximum atomic E-state index is 11.7. The molecule has 8 nitrogen and oxygen atoms in total. The van der Waals surface area contributed by atoms with Crippen LogP contribution in [0.25, 0.3) is 0 Å². The van der Waals surface area contributed by atoms with Crippen LogP contribution < -0.4 is 10.6 Å². The van der Waals surface area contributed by atoms with Gasteiger partial charge in [0.25, 0.3) is 0 Å². The lowest BCUT2D eigenvalue weighted by Gasteiger charge is -2.23. The summed E-state index contributed by atoms with van der Waals surface area (Å²) < 4.78 is 9.70. The summed E-state index contributed by atoms with van der Waals surface area (Å²) in [6, 6.07) is -1.28. The van der Waals surface area contributed by atoms with Gasteiger partial charge in [-0.1, -0.05) is 0 Å². The molecule has 1 rings (SSSR count). The molecule has 0 aromatic carbocycles. The highest BCUT2D eigenvalue weighted by Crippen LogP contribution is 2.03. The quantitative estimate of drug-likeness (QED) is 0.505. The smallest absolute Gasteiger partial charge is 0.326 e. The van der Waals surface area contributed by atoms with Crippen molar-refractivity contribution < 1.29 is 29.0 Å². The SMILES string of the molecule is COC(=O)C[C@H](NC(=O)CC1CNCCO1)C(=O)O. The molecule has 0 aliphatic carbocycles. The van der Waals surface area contributed by atoms with Crippen LogP contribution in [0.3, 0.4) is 0 Å². The molecule has 1 saturated heterocycles. The lowest BCUT2D eigenvalue weighted by Crippen LogP contribution is -2.46. The van der Waals surface area contributed by atoms with Crippen LogP contribution in [-0.4, -0.2) is 61.9 Å². The van der Waals surface area contributed by atoms with Gasteiger partial charge in [0.05, 0.1) is 32.7 Å². The fourth-order valence-corrected chi connectivity index (χ4v) is 1.66. The number of carbonyl (C=O) groups is 3. The fraction of sp³-hybridized carbons (Fsp3) is 0.727. The first-order valence-electron chi connectivity index (χ1n) is 5.94. The normalized spacial score (nSPS) is 20.4. The number of ether oxygens (including phenoxy) is 2. The van der Waals surface area contributed by atoms with Crippen LogP contribution in [0.15, 0.2) is 0 Å². The van der Waals surface area contributed by atoms with Crippen molar-refractivity contribution in [1.82, 2.24) is 10.6 Å². The van der Waals surface area contributed by atoms with E-state index in [1.54, 1.807) is 0 Å². The molecule has 1 aliphatic rings. The maximum Gasteiger partial charge on any atom is 0.326 e. The highest BCUT2D eigenvalue weighted by molar-refractivity contribution is 5.87. The van der Waals surface area contributed by atoms with Crippen LogP contribution in [-0.2, 0) is 23.9 Å². The number of carboxylic acid groups (broad SMARTS) is 1. The molecule has 0 radical (unpaired) electrons. The minimum atomic E-state index is -1.28. The number of aliphatic carboxylic acids is 1. The summed E-state index contributed by atoms with van der Waals surface area (Å²) in [6.45, 7) is 1.79. The standard InChI is InChI=1S/C11H18N2O6/c1-18-10(15)5-8(11(16)17)13-9(14)4-7-6-12-2-3-19-7/h7-8,12H,2-6H2,1H3,(H,13,14)(H,16,17)/t7?,8-/m0/s1. The molecule has 2 atom stereocenters. The van der Waals surface area contributed by atoms with E-state index >= 15 is 0 Å². The molecule has 0 spiro atoms. The summed E-state index contributed by atoms with van der Waals surface area (Å²) in [4.78, 5) is 33.6. The van der Waals surface area contributed by atoms with Crippen molar-refractivity contribution in [2.45, 2.75) is 25.0 Å². The van der Waals surface area contributed by atoms with E-state index in [-0.39, 0.29) is 12.5 Å². The van der Waals surface area contributed by atoms with Crippen molar-refractivity contribution in [2.24, 2.45) is 0 Å². The second-order valence-corrected chi connectivity index (χ2v) is 4.14. The van der Waals surface area contributed by atoms with Gasteiger partial charge in [-0.25, -0.2) is 4.79 Å². The van der Waals surface area contributed by atoms with E-state index < -0.39 is 30.3 Å². The zero-order valence-corrected chi connectivity index (χ0v) is 10.7. The van der Waals surface area contributed by atoms with E-state index in [4.69, 9.17) is 9.84 Å². The van der Waals surface area contributed by atoms with Gasteiger partial charge in [0.1, 0.15) is 6.04 Å². The first-order chi connectivity index (χ1) is 9.02. The molecule has 1 unspecified atom stereocenters. The van der Waals surface area contributed by atoms with Gasteiger partial charge in [0.2, 0.25) is 5.91 Å². The van der Waals surface area contributed by atoms with Gasteiger partial charge < -0.3 is 25.2 Å². The van der Waals surface area contributed by atoms with Crippen molar-refractivity contribution in [2.75, 3.05) is 26.8 Å². The fourth-order valence-electron chi connectivity index (χ4n) is 1.66. The average molecular weight is 274 g/mol. The Morgan fingerprint density at radius 2 is 2.26 bits per heavy atom. The van der Waals surface area contributed by atoms with Gasteiger partial charge in [-0.3, -0.25) is 9.59 Å². The molecule has 108 valence electrons. The zero-order chi connectivity index (χ0) is 14.3. The Morgan fingerprint density at radius 3 is 2.79 bits per heavy atom. The van der Waals surface area contributed by atoms with Gasteiger partial charge in [-0.05, 0) is 0 Å². The van der Waals surface area contributed by atoms with Crippen molar-refractivity contribution in [3.8, 4) is 0 Å². The summed E-state index contributed by atoms with van der Waals surface area (Å²) in [5, 5.41) is 14.3. The first kappa shape index (κ1) is 15.4. The van der Waals surface area contributed by atoms with Gasteiger partial charge >= 0.3 is 11.9 Å². The number of rotatable bonds is 6. The maximum absolute atomic E-state index is 11.7. The number of methoxy groups -OCH3 is 1. The Morgan fingerprint density at radius 1 is 1.53 bits per heavy atom. The average Bonchev–Trinajstić information content (AvgIpc) is 2.38. The minimum absolute atomic E-state index is 0.0535. The Balaban J connectivity index is 2.41. The van der Waals surface area contributed by atoms with Gasteiger partial charge in [-0.2, -0.15) is 0 Å². The highest BCUT2D eigenvalue weighted by atomic mass is 16.5. The molecule has 19 heavy (non-hydrogen) atoms. The minimum Gasteiger partial charge on any atom is -0.480 e. The van der Waals surface area contributed by atoms with E-state index in [0.717, 1.165) is 13.7 Å². The van der Waals surface area contributed by atoms with Crippen molar-refractivity contribution >= 4 is 17.8 Å². The zero-order valence-electron chi connectivity index (χ0n) is 10.7. The third-order valence-electron chi connectivity index (χ3n) is 2.65. The molecular formula is C11H18N2O6. The van der Waals surface area contributed by atoms with Gasteiger partial charge in [0, 0.05) is 13.1 Å². The number of hydrogen-bond acceptors (Lipinski definition) is 6. The summed E-state index contributed by atoms with van der Waals surface area (Å²) in [6.07, 6.45) is -0.624.